The molecular formula is C21H26N4O6. The molecule has 2 aliphatic rings. The van der Waals surface area contributed by atoms with E-state index in [2.05, 4.69) is 21.9 Å². The number of nitrogens with zero attached hydrogens (tertiary/aromatic N) is 2. The maximum atomic E-state index is 12.0. The third kappa shape index (κ3) is 6.11. The van der Waals surface area contributed by atoms with Crippen molar-refractivity contribution < 1.29 is 24.7 Å². The first-order valence-electron chi connectivity index (χ1n) is 10.3. The Bertz CT molecular complexity index is 882. The molecule has 0 saturated heterocycles. The lowest BCUT2D eigenvalue weighted by atomic mass is 9.92. The van der Waals surface area contributed by atoms with Crippen molar-refractivity contribution in [2.45, 2.75) is 44.6 Å². The van der Waals surface area contributed by atoms with Crippen LogP contribution in [0.25, 0.3) is 0 Å². The summed E-state index contributed by atoms with van der Waals surface area (Å²) in [5.41, 5.74) is 3.99. The molecule has 166 valence electrons. The minimum Gasteiger partial charge on any atom is -0.481 e. The first-order chi connectivity index (χ1) is 14.8. The normalized spacial score (nSPS) is 26.2. The van der Waals surface area contributed by atoms with E-state index < -0.39 is 23.0 Å². The predicted octanol–water partition coefficient (Wildman–Crippen LogP) is 3.29. The molecule has 3 rings (SSSR count). The molecule has 4 N–H and O–H groups in total. The van der Waals surface area contributed by atoms with Gasteiger partial charge in [-0.2, -0.15) is 5.10 Å². The van der Waals surface area contributed by atoms with E-state index in [0.29, 0.717) is 24.4 Å². The number of carboxylic acid groups (broad SMARTS) is 1. The monoisotopic (exact) mass is 430 g/mol. The maximum absolute atomic E-state index is 12.0. The van der Waals surface area contributed by atoms with Crippen LogP contribution in [0, 0.1) is 27.9 Å². The fourth-order valence-electron chi connectivity index (χ4n) is 4.45. The number of nitro benzene ring substituents is 1. The van der Waals surface area contributed by atoms with Gasteiger partial charge in [-0.1, -0.05) is 11.6 Å². The van der Waals surface area contributed by atoms with E-state index in [4.69, 9.17) is 5.11 Å². The second-order valence-electron chi connectivity index (χ2n) is 8.01. The number of aliphatic hydroxyl groups excluding tert-OH is 1. The quantitative estimate of drug-likeness (QED) is 0.163. The SMILES string of the molecule is O=C(O)CCC/C=C1/C[C@H]2C[C@@H](O)[C@H](/C=N/NC(=O)Nc3ccc([N+](=O)[O-])cc3)[C@H]2C1. The van der Waals surface area contributed by atoms with E-state index in [9.17, 15) is 24.8 Å². The summed E-state index contributed by atoms with van der Waals surface area (Å²) in [6, 6.07) is 4.85. The number of nitro groups is 1. The Kier molecular flexibility index (Phi) is 7.35. The molecular weight excluding hydrogens is 404 g/mol. The number of fused-ring (bicyclic) bond motifs is 1. The Morgan fingerprint density at radius 2 is 2.00 bits per heavy atom. The molecule has 0 heterocycles. The number of non-ortho nitro benzene ring substituents is 1. The van der Waals surface area contributed by atoms with E-state index >= 15 is 0 Å². The summed E-state index contributed by atoms with van der Waals surface area (Å²) in [5.74, 6) is -0.323. The summed E-state index contributed by atoms with van der Waals surface area (Å²) in [6.07, 6.45) is 7.17. The number of anilines is 1. The fourth-order valence-corrected chi connectivity index (χ4v) is 4.45. The van der Waals surface area contributed by atoms with Crippen LogP contribution in [0.4, 0.5) is 16.2 Å². The summed E-state index contributed by atoms with van der Waals surface area (Å²) in [5, 5.41) is 36.3. The lowest BCUT2D eigenvalue weighted by Gasteiger charge is -2.16. The molecule has 10 heteroatoms. The molecule has 0 radical (unpaired) electrons. The highest BCUT2D eigenvalue weighted by Gasteiger charge is 2.45. The Labute approximate surface area is 179 Å². The van der Waals surface area contributed by atoms with Crippen LogP contribution < -0.4 is 10.7 Å². The molecule has 2 saturated carbocycles. The number of aliphatic hydroxyl groups is 1. The third-order valence-corrected chi connectivity index (χ3v) is 5.89. The number of unbranched alkanes of at least 4 members (excludes halogenated alkanes) is 1. The van der Waals surface area contributed by atoms with Crippen LogP contribution in [0.15, 0.2) is 41.0 Å². The number of nitrogens with one attached hydrogen (secondary N) is 2. The van der Waals surface area contributed by atoms with Gasteiger partial charge in [0.1, 0.15) is 0 Å². The number of urea groups is 1. The van der Waals surface area contributed by atoms with E-state index in [0.717, 1.165) is 19.3 Å². The van der Waals surface area contributed by atoms with Crippen LogP contribution in [0.2, 0.25) is 0 Å². The second-order valence-corrected chi connectivity index (χ2v) is 8.01. The van der Waals surface area contributed by atoms with E-state index in [1.807, 2.05) is 0 Å². The van der Waals surface area contributed by atoms with Crippen molar-refractivity contribution in [1.82, 2.24) is 5.43 Å². The third-order valence-electron chi connectivity index (χ3n) is 5.89. The number of hydrazone groups is 1. The number of carbonyl (C=O) groups is 2. The van der Waals surface area contributed by atoms with E-state index in [1.54, 1.807) is 6.21 Å². The van der Waals surface area contributed by atoms with Crippen LogP contribution in [-0.2, 0) is 4.79 Å². The van der Waals surface area contributed by atoms with Crippen LogP contribution >= 0.6 is 0 Å². The predicted molar refractivity (Wildman–Crippen MR) is 114 cm³/mol. The van der Waals surface area contributed by atoms with Gasteiger partial charge in [0.2, 0.25) is 0 Å². The van der Waals surface area contributed by atoms with Crippen molar-refractivity contribution >= 4 is 29.6 Å². The number of amides is 2. The molecule has 0 aliphatic heterocycles. The van der Waals surface area contributed by atoms with Crippen molar-refractivity contribution in [1.29, 1.82) is 0 Å². The maximum Gasteiger partial charge on any atom is 0.339 e. The average Bonchev–Trinajstić information content (AvgIpc) is 3.23. The topological polar surface area (TPSA) is 154 Å². The van der Waals surface area contributed by atoms with Gasteiger partial charge in [0.25, 0.3) is 5.69 Å². The number of rotatable bonds is 8. The second kappa shape index (κ2) is 10.2. The van der Waals surface area contributed by atoms with Gasteiger partial charge in [0.15, 0.2) is 0 Å². The van der Waals surface area contributed by atoms with Gasteiger partial charge in [0.05, 0.1) is 11.0 Å². The van der Waals surface area contributed by atoms with Gasteiger partial charge in [-0.25, -0.2) is 10.2 Å². The zero-order valence-electron chi connectivity index (χ0n) is 16.9. The van der Waals surface area contributed by atoms with Crippen LogP contribution in [0.1, 0.15) is 38.5 Å². The van der Waals surface area contributed by atoms with Crippen molar-refractivity contribution in [3.8, 4) is 0 Å². The summed E-state index contributed by atoms with van der Waals surface area (Å²) < 4.78 is 0. The smallest absolute Gasteiger partial charge is 0.339 e. The Balaban J connectivity index is 1.48. The first kappa shape index (κ1) is 22.4. The molecule has 0 spiro atoms. The minimum atomic E-state index is -0.786. The Hall–Kier alpha value is -3.27. The number of benzene rings is 1. The van der Waals surface area contributed by atoms with Crippen LogP contribution in [0.3, 0.4) is 0 Å². The Morgan fingerprint density at radius 3 is 2.68 bits per heavy atom. The van der Waals surface area contributed by atoms with Gasteiger partial charge >= 0.3 is 12.0 Å². The summed E-state index contributed by atoms with van der Waals surface area (Å²) in [7, 11) is 0. The number of carboxylic acids is 1. The molecule has 31 heavy (non-hydrogen) atoms. The van der Waals surface area contributed by atoms with Crippen molar-refractivity contribution in [2.75, 3.05) is 5.32 Å². The number of allylic oxidation sites excluding steroid dienone is 2. The molecule has 4 atom stereocenters. The highest BCUT2D eigenvalue weighted by molar-refractivity contribution is 5.89. The summed E-state index contributed by atoms with van der Waals surface area (Å²) in [4.78, 5) is 32.7. The highest BCUT2D eigenvalue weighted by Crippen LogP contribution is 2.49. The lowest BCUT2D eigenvalue weighted by molar-refractivity contribution is -0.384. The molecule has 1 aromatic rings. The number of hydrogen-bond donors (Lipinski definition) is 4. The van der Waals surface area contributed by atoms with Gasteiger partial charge in [-0.3, -0.25) is 14.9 Å². The standard InChI is InChI=1S/C21H26N4O6/c26-19-11-14-9-13(3-1-2-4-20(27)28)10-17(14)18(19)12-22-24-21(29)23-15-5-7-16(8-6-15)25(30)31/h3,5-8,12,14,17-19,26H,1-2,4,9-11H2,(H,27,28)(H2,23,24,29)/b13-3-,22-12+/t14-,17-,18+,19+/m0/s1. The fraction of sp³-hybridized carbons (Fsp3) is 0.476. The molecule has 0 unspecified atom stereocenters. The number of aliphatic carboxylic acids is 1. The van der Waals surface area contributed by atoms with Crippen molar-refractivity contribution in [3.05, 3.63) is 46.0 Å². The van der Waals surface area contributed by atoms with Gasteiger partial charge in [-0.05, 0) is 56.1 Å². The van der Waals surface area contributed by atoms with E-state index in [-0.39, 0.29) is 23.9 Å². The van der Waals surface area contributed by atoms with E-state index in [1.165, 1.54) is 29.8 Å². The molecule has 2 aliphatic carbocycles. The largest absolute Gasteiger partial charge is 0.481 e. The number of hydrogen-bond acceptors (Lipinski definition) is 6. The van der Waals surface area contributed by atoms with Gasteiger partial charge in [0, 0.05) is 36.4 Å². The zero-order chi connectivity index (χ0) is 22.4. The van der Waals surface area contributed by atoms with Crippen LogP contribution in [0.5, 0.6) is 0 Å². The first-order valence-corrected chi connectivity index (χ1v) is 10.3. The van der Waals surface area contributed by atoms with Crippen LogP contribution in [-0.4, -0.2) is 39.5 Å². The minimum absolute atomic E-state index is 0.0689. The van der Waals surface area contributed by atoms with Crippen molar-refractivity contribution in [3.63, 3.8) is 0 Å². The zero-order valence-corrected chi connectivity index (χ0v) is 16.9. The molecule has 2 amide bonds. The summed E-state index contributed by atoms with van der Waals surface area (Å²) in [6.45, 7) is 0. The summed E-state index contributed by atoms with van der Waals surface area (Å²) >= 11 is 0. The molecule has 10 nitrogen and oxygen atoms in total. The molecule has 1 aromatic carbocycles. The van der Waals surface area contributed by atoms with Gasteiger partial charge in [-0.15, -0.1) is 0 Å². The molecule has 0 bridgehead atoms. The average molecular weight is 430 g/mol. The van der Waals surface area contributed by atoms with Gasteiger partial charge < -0.3 is 15.5 Å². The molecule has 2 fully saturated rings. The Morgan fingerprint density at radius 1 is 1.26 bits per heavy atom. The number of carbonyl (C=O) groups excluding carboxylic acids is 1. The lowest BCUT2D eigenvalue weighted by Crippen LogP contribution is -2.27. The van der Waals surface area contributed by atoms with Crippen molar-refractivity contribution in [2.24, 2.45) is 22.9 Å². The highest BCUT2D eigenvalue weighted by atomic mass is 16.6. The molecule has 0 aromatic heterocycles.